The van der Waals surface area contributed by atoms with Crippen LogP contribution in [-0.4, -0.2) is 47.3 Å². The number of amides is 1. The van der Waals surface area contributed by atoms with Gasteiger partial charge in [-0.15, -0.1) is 0 Å². The first-order chi connectivity index (χ1) is 10.5. The highest BCUT2D eigenvalue weighted by Crippen LogP contribution is 2.31. The van der Waals surface area contributed by atoms with Crippen LogP contribution in [0.3, 0.4) is 0 Å². The summed E-state index contributed by atoms with van der Waals surface area (Å²) in [6.45, 7) is 3.43. The largest absolute Gasteiger partial charge is 0.505 e. The van der Waals surface area contributed by atoms with Gasteiger partial charge in [0.25, 0.3) is 5.91 Å². The molecule has 0 spiro atoms. The molecule has 0 bridgehead atoms. The van der Waals surface area contributed by atoms with E-state index < -0.39 is 0 Å². The second-order valence-electron chi connectivity index (χ2n) is 4.93. The number of ether oxygens (including phenoxy) is 1. The van der Waals surface area contributed by atoms with E-state index in [9.17, 15) is 9.90 Å². The zero-order chi connectivity index (χ0) is 16.1. The van der Waals surface area contributed by atoms with Crippen molar-refractivity contribution in [1.29, 1.82) is 5.41 Å². The summed E-state index contributed by atoms with van der Waals surface area (Å²) in [7, 11) is 0. The summed E-state index contributed by atoms with van der Waals surface area (Å²) in [6.07, 6.45) is 1.95. The van der Waals surface area contributed by atoms with Gasteiger partial charge in [0, 0.05) is 13.1 Å². The summed E-state index contributed by atoms with van der Waals surface area (Å²) in [6, 6.07) is 4.71. The number of likely N-dealkylation sites (tertiary alicyclic amines) is 1. The molecule has 4 N–H and O–H groups in total. The van der Waals surface area contributed by atoms with Crippen LogP contribution in [0.5, 0.6) is 5.75 Å². The Kier molecular flexibility index (Phi) is 4.98. The van der Waals surface area contributed by atoms with Crippen LogP contribution in [-0.2, 0) is 4.74 Å². The fraction of sp³-hybridized carbons (Fsp3) is 0.400. The van der Waals surface area contributed by atoms with Gasteiger partial charge in [-0.2, -0.15) is 0 Å². The summed E-state index contributed by atoms with van der Waals surface area (Å²) >= 11 is 0. The molecule has 0 radical (unpaired) electrons. The number of phenols is 1. The molecule has 1 aromatic carbocycles. The highest BCUT2D eigenvalue weighted by Gasteiger charge is 2.23. The zero-order valence-corrected chi connectivity index (χ0v) is 12.5. The molecule has 0 unspecified atom stereocenters. The Morgan fingerprint density at radius 2 is 2.14 bits per heavy atom. The van der Waals surface area contributed by atoms with Gasteiger partial charge in [-0.25, -0.2) is 4.99 Å². The molecular weight excluding hydrogens is 284 g/mol. The number of benzene rings is 1. The number of carbonyl (C=O) groups is 1. The third-order valence-electron chi connectivity index (χ3n) is 3.40. The number of nitrogens with zero attached hydrogens (tertiary/aromatic N) is 2. The summed E-state index contributed by atoms with van der Waals surface area (Å²) in [5.74, 6) is -0.863. The second-order valence-corrected chi connectivity index (χ2v) is 4.93. The van der Waals surface area contributed by atoms with Crippen LogP contribution in [0.25, 0.3) is 0 Å². The van der Waals surface area contributed by atoms with E-state index in [4.69, 9.17) is 15.9 Å². The normalized spacial score (nSPS) is 15.0. The average molecular weight is 304 g/mol. The Morgan fingerprint density at radius 1 is 1.45 bits per heavy atom. The van der Waals surface area contributed by atoms with Crippen LogP contribution in [0.1, 0.15) is 30.1 Å². The SMILES string of the molecule is CCOC(=N)C(N)=Nc1cccc(C(=O)N2CCCC2)c1O. The molecule has 0 aromatic heterocycles. The molecule has 0 saturated carbocycles. The molecule has 0 atom stereocenters. The Balaban J connectivity index is 2.27. The maximum absolute atomic E-state index is 12.4. The van der Waals surface area contributed by atoms with Crippen LogP contribution in [0.15, 0.2) is 23.2 Å². The lowest BCUT2D eigenvalue weighted by Gasteiger charge is -2.16. The molecule has 1 aromatic rings. The molecule has 22 heavy (non-hydrogen) atoms. The third-order valence-corrected chi connectivity index (χ3v) is 3.40. The second kappa shape index (κ2) is 6.93. The first-order valence-corrected chi connectivity index (χ1v) is 7.21. The molecule has 1 aliphatic heterocycles. The molecule has 7 nitrogen and oxygen atoms in total. The van der Waals surface area contributed by atoms with Gasteiger partial charge in [0.15, 0.2) is 11.6 Å². The molecule has 118 valence electrons. The topological polar surface area (TPSA) is 112 Å². The number of para-hydroxylation sites is 1. The van der Waals surface area contributed by atoms with Crippen LogP contribution >= 0.6 is 0 Å². The lowest BCUT2D eigenvalue weighted by molar-refractivity contribution is 0.0790. The summed E-state index contributed by atoms with van der Waals surface area (Å²) in [4.78, 5) is 18.0. The van der Waals surface area contributed by atoms with E-state index in [0.717, 1.165) is 12.8 Å². The van der Waals surface area contributed by atoms with Gasteiger partial charge in [0.05, 0.1) is 12.2 Å². The smallest absolute Gasteiger partial charge is 0.257 e. The summed E-state index contributed by atoms with van der Waals surface area (Å²) in [5, 5.41) is 17.8. The van der Waals surface area contributed by atoms with Crippen LogP contribution in [0.4, 0.5) is 5.69 Å². The Hall–Kier alpha value is -2.57. The number of nitrogens with two attached hydrogens (primary N) is 1. The van der Waals surface area contributed by atoms with Gasteiger partial charge in [-0.05, 0) is 31.9 Å². The fourth-order valence-electron chi connectivity index (χ4n) is 2.28. The van der Waals surface area contributed by atoms with Crippen molar-refractivity contribution in [2.24, 2.45) is 10.7 Å². The van der Waals surface area contributed by atoms with Gasteiger partial charge < -0.3 is 20.5 Å². The minimum atomic E-state index is -0.266. The standard InChI is InChI=1S/C15H20N4O3/c1-2-22-14(17)13(16)18-11-7-5-6-10(12(11)20)15(21)19-8-3-4-9-19/h5-7,17,20H,2-4,8-9H2,1H3,(H2,16,18). The van der Waals surface area contributed by atoms with Gasteiger partial charge in [0.2, 0.25) is 5.90 Å². The maximum atomic E-state index is 12.4. The number of aromatic hydroxyl groups is 1. The highest BCUT2D eigenvalue weighted by molar-refractivity contribution is 6.36. The van der Waals surface area contributed by atoms with Crippen molar-refractivity contribution in [2.45, 2.75) is 19.8 Å². The molecular formula is C15H20N4O3. The van der Waals surface area contributed by atoms with Crippen LogP contribution in [0.2, 0.25) is 0 Å². The van der Waals surface area contributed by atoms with E-state index in [-0.39, 0.29) is 34.6 Å². The van der Waals surface area contributed by atoms with E-state index in [1.165, 1.54) is 6.07 Å². The number of carbonyl (C=O) groups excluding carboxylic acids is 1. The predicted molar refractivity (Wildman–Crippen MR) is 83.9 cm³/mol. The number of amidine groups is 1. The van der Waals surface area contributed by atoms with Gasteiger partial charge in [0.1, 0.15) is 5.69 Å². The number of nitrogens with one attached hydrogen (secondary N) is 1. The fourth-order valence-corrected chi connectivity index (χ4v) is 2.28. The Labute approximate surface area is 128 Å². The van der Waals surface area contributed by atoms with Crippen molar-refractivity contribution in [3.05, 3.63) is 23.8 Å². The van der Waals surface area contributed by atoms with Gasteiger partial charge >= 0.3 is 0 Å². The van der Waals surface area contributed by atoms with E-state index in [1.54, 1.807) is 24.0 Å². The lowest BCUT2D eigenvalue weighted by atomic mass is 10.1. The Bertz CT molecular complexity index is 607. The lowest BCUT2D eigenvalue weighted by Crippen LogP contribution is -2.27. The molecule has 1 heterocycles. The van der Waals surface area contributed by atoms with E-state index >= 15 is 0 Å². The summed E-state index contributed by atoms with van der Waals surface area (Å²) in [5.41, 5.74) is 5.99. The third kappa shape index (κ3) is 3.36. The molecule has 1 saturated heterocycles. The van der Waals surface area contributed by atoms with Gasteiger partial charge in [-0.3, -0.25) is 10.2 Å². The minimum Gasteiger partial charge on any atom is -0.505 e. The average Bonchev–Trinajstić information content (AvgIpc) is 3.03. The number of phenolic OH excluding ortho intramolecular Hbond substituents is 1. The van der Waals surface area contributed by atoms with Crippen LogP contribution in [0, 0.1) is 5.41 Å². The van der Waals surface area contributed by atoms with Crippen molar-refractivity contribution < 1.29 is 14.6 Å². The zero-order valence-electron chi connectivity index (χ0n) is 12.5. The van der Waals surface area contributed by atoms with Crippen molar-refractivity contribution in [1.82, 2.24) is 4.90 Å². The van der Waals surface area contributed by atoms with Crippen molar-refractivity contribution in [3.8, 4) is 5.75 Å². The van der Waals surface area contributed by atoms with E-state index in [0.29, 0.717) is 19.7 Å². The quantitative estimate of drug-likeness (QED) is 0.582. The Morgan fingerprint density at radius 3 is 2.77 bits per heavy atom. The van der Waals surface area contributed by atoms with Crippen molar-refractivity contribution in [3.63, 3.8) is 0 Å². The molecule has 7 heteroatoms. The maximum Gasteiger partial charge on any atom is 0.257 e. The van der Waals surface area contributed by atoms with E-state index in [2.05, 4.69) is 4.99 Å². The molecule has 1 aliphatic rings. The highest BCUT2D eigenvalue weighted by atomic mass is 16.5. The van der Waals surface area contributed by atoms with Gasteiger partial charge in [-0.1, -0.05) is 6.07 Å². The van der Waals surface area contributed by atoms with Crippen molar-refractivity contribution >= 4 is 23.3 Å². The first-order valence-electron chi connectivity index (χ1n) is 7.21. The van der Waals surface area contributed by atoms with Crippen LogP contribution < -0.4 is 5.73 Å². The van der Waals surface area contributed by atoms with E-state index in [1.807, 2.05) is 0 Å². The number of rotatable bonds is 3. The summed E-state index contributed by atoms with van der Waals surface area (Å²) < 4.78 is 4.95. The monoisotopic (exact) mass is 304 g/mol. The minimum absolute atomic E-state index is 0.145. The predicted octanol–water partition coefficient (Wildman–Crippen LogP) is 1.63. The molecule has 0 aliphatic carbocycles. The number of hydrogen-bond acceptors (Lipinski definition) is 5. The first kappa shape index (κ1) is 15.8. The molecule has 1 amide bonds. The number of hydrogen-bond donors (Lipinski definition) is 3. The number of aliphatic imine (C=N–C) groups is 1. The molecule has 2 rings (SSSR count). The molecule has 1 fully saturated rings. The van der Waals surface area contributed by atoms with Crippen molar-refractivity contribution in [2.75, 3.05) is 19.7 Å².